The summed E-state index contributed by atoms with van der Waals surface area (Å²) >= 11 is 8.46. The summed E-state index contributed by atoms with van der Waals surface area (Å²) in [5.41, 5.74) is 1.14. The third-order valence-corrected chi connectivity index (χ3v) is 5.25. The molecule has 2 heterocycles. The van der Waals surface area contributed by atoms with Crippen LogP contribution in [-0.2, 0) is 6.54 Å². The Bertz CT molecular complexity index is 451. The van der Waals surface area contributed by atoms with Crippen molar-refractivity contribution in [2.45, 2.75) is 38.5 Å². The van der Waals surface area contributed by atoms with Gasteiger partial charge in [-0.15, -0.1) is 0 Å². The molecule has 1 N–H and O–H groups in total. The minimum Gasteiger partial charge on any atom is -0.355 e. The lowest BCUT2D eigenvalue weighted by Gasteiger charge is -2.24. The van der Waals surface area contributed by atoms with E-state index in [1.54, 1.807) is 0 Å². The molecule has 0 amide bonds. The van der Waals surface area contributed by atoms with E-state index < -0.39 is 0 Å². The number of rotatable bonds is 4. The monoisotopic (exact) mass is 313 g/mol. The summed E-state index contributed by atoms with van der Waals surface area (Å²) in [6.07, 6.45) is 3.10. The first kappa shape index (κ1) is 15.9. The lowest BCUT2D eigenvalue weighted by atomic mass is 10.1. The van der Waals surface area contributed by atoms with Crippen molar-refractivity contribution in [3.8, 4) is 0 Å². The zero-order valence-electron chi connectivity index (χ0n) is 12.6. The molecule has 0 atom stereocenters. The number of pyridine rings is 1. The molecule has 1 aromatic heterocycles. The number of thioether (sulfide) groups is 1. The number of aromatic nitrogens is 1. The fourth-order valence-electron chi connectivity index (χ4n) is 2.30. The van der Waals surface area contributed by atoms with Gasteiger partial charge in [0, 0.05) is 36.3 Å². The summed E-state index contributed by atoms with van der Waals surface area (Å²) in [4.78, 5) is 6.91. The summed E-state index contributed by atoms with van der Waals surface area (Å²) in [6, 6.07) is 2.04. The fraction of sp³-hybridized carbons (Fsp3) is 0.667. The minimum atomic E-state index is 0.353. The average molecular weight is 314 g/mol. The lowest BCUT2D eigenvalue weighted by molar-refractivity contribution is 0.635. The van der Waals surface area contributed by atoms with Crippen molar-refractivity contribution in [1.29, 1.82) is 0 Å². The predicted octanol–water partition coefficient (Wildman–Crippen LogP) is 3.57. The Morgan fingerprint density at radius 1 is 1.45 bits per heavy atom. The smallest absolute Gasteiger partial charge is 0.147 e. The molecule has 5 heteroatoms. The summed E-state index contributed by atoms with van der Waals surface area (Å²) in [5.74, 6) is 2.06. The molecule has 1 saturated heterocycles. The van der Waals surface area contributed by atoms with E-state index >= 15 is 0 Å². The highest BCUT2D eigenvalue weighted by atomic mass is 35.5. The van der Waals surface area contributed by atoms with Gasteiger partial charge in [0.1, 0.15) is 5.82 Å². The third-order valence-electron chi connectivity index (χ3n) is 3.59. The zero-order chi connectivity index (χ0) is 14.6. The maximum absolute atomic E-state index is 6.43. The Morgan fingerprint density at radius 2 is 2.25 bits per heavy atom. The second-order valence-corrected chi connectivity index (χ2v) is 7.98. The van der Waals surface area contributed by atoms with Crippen LogP contribution < -0.4 is 10.2 Å². The predicted molar refractivity (Wildman–Crippen MR) is 90.0 cm³/mol. The van der Waals surface area contributed by atoms with E-state index in [0.717, 1.165) is 54.8 Å². The first-order valence-corrected chi connectivity index (χ1v) is 8.62. The first-order chi connectivity index (χ1) is 9.52. The Labute approximate surface area is 131 Å². The first-order valence-electron chi connectivity index (χ1n) is 7.26. The maximum Gasteiger partial charge on any atom is 0.147 e. The van der Waals surface area contributed by atoms with Gasteiger partial charge in [0.05, 0.1) is 5.02 Å². The molecule has 0 bridgehead atoms. The van der Waals surface area contributed by atoms with Crippen LogP contribution in [0.15, 0.2) is 12.3 Å². The quantitative estimate of drug-likeness (QED) is 0.920. The van der Waals surface area contributed by atoms with Crippen molar-refractivity contribution in [3.05, 3.63) is 22.8 Å². The van der Waals surface area contributed by atoms with E-state index in [9.17, 15) is 0 Å². The second kappa shape index (κ2) is 7.01. The molecule has 0 saturated carbocycles. The molecule has 0 radical (unpaired) electrons. The largest absolute Gasteiger partial charge is 0.355 e. The van der Waals surface area contributed by atoms with Gasteiger partial charge in [-0.05, 0) is 24.6 Å². The van der Waals surface area contributed by atoms with Gasteiger partial charge in [-0.1, -0.05) is 32.4 Å². The van der Waals surface area contributed by atoms with Gasteiger partial charge in [-0.25, -0.2) is 4.98 Å². The number of halogens is 1. The molecule has 1 aromatic rings. The molecule has 1 aliphatic rings. The molecule has 1 fully saturated rings. The van der Waals surface area contributed by atoms with E-state index in [4.69, 9.17) is 11.6 Å². The van der Waals surface area contributed by atoms with Gasteiger partial charge in [-0.2, -0.15) is 11.8 Å². The van der Waals surface area contributed by atoms with Gasteiger partial charge in [-0.3, -0.25) is 0 Å². The normalized spacial score (nSPS) is 18.9. The molecule has 0 aliphatic carbocycles. The molecule has 0 unspecified atom stereocenters. The highest BCUT2D eigenvalue weighted by Gasteiger charge is 2.25. The van der Waals surface area contributed by atoms with Crippen molar-refractivity contribution < 1.29 is 0 Å². The van der Waals surface area contributed by atoms with Crippen LogP contribution in [0.25, 0.3) is 0 Å². The van der Waals surface area contributed by atoms with Crippen LogP contribution in [0.1, 0.15) is 32.8 Å². The molecule has 0 aromatic carbocycles. The standard InChI is InChI=1S/C15H24ClN3S/c1-4-17-10-12-9-13(16)14(18-11-12)19-6-5-15(2,3)20-8-7-19/h9,11,17H,4-8,10H2,1-3H3. The molecular formula is C15H24ClN3S. The van der Waals surface area contributed by atoms with Crippen molar-refractivity contribution in [3.63, 3.8) is 0 Å². The maximum atomic E-state index is 6.43. The number of nitrogens with zero attached hydrogens (tertiary/aromatic N) is 2. The Hall–Kier alpha value is -0.450. The third kappa shape index (κ3) is 4.27. The van der Waals surface area contributed by atoms with Crippen molar-refractivity contribution in [1.82, 2.24) is 10.3 Å². The van der Waals surface area contributed by atoms with E-state index in [1.165, 1.54) is 0 Å². The Balaban J connectivity index is 2.08. The lowest BCUT2D eigenvalue weighted by Crippen LogP contribution is -2.28. The van der Waals surface area contributed by atoms with Gasteiger partial charge in [0.25, 0.3) is 0 Å². The van der Waals surface area contributed by atoms with Gasteiger partial charge in [0.15, 0.2) is 0 Å². The molecule has 112 valence electrons. The number of anilines is 1. The number of hydrogen-bond donors (Lipinski definition) is 1. The molecular weight excluding hydrogens is 290 g/mol. The SMILES string of the molecule is CCNCc1cnc(N2CCSC(C)(C)CC2)c(Cl)c1. The summed E-state index contributed by atoms with van der Waals surface area (Å²) in [5, 5.41) is 4.06. The topological polar surface area (TPSA) is 28.2 Å². The average Bonchev–Trinajstić information content (AvgIpc) is 2.58. The minimum absolute atomic E-state index is 0.353. The number of nitrogens with one attached hydrogen (secondary N) is 1. The highest BCUT2D eigenvalue weighted by molar-refractivity contribution is 8.00. The van der Waals surface area contributed by atoms with E-state index in [-0.39, 0.29) is 0 Å². The summed E-state index contributed by atoms with van der Waals surface area (Å²) in [6.45, 7) is 10.6. The van der Waals surface area contributed by atoms with Gasteiger partial charge < -0.3 is 10.2 Å². The Morgan fingerprint density at radius 3 is 2.95 bits per heavy atom. The van der Waals surface area contributed by atoms with Crippen LogP contribution in [0, 0.1) is 0 Å². The van der Waals surface area contributed by atoms with Crippen molar-refractivity contribution >= 4 is 29.2 Å². The van der Waals surface area contributed by atoms with Gasteiger partial charge in [0.2, 0.25) is 0 Å². The molecule has 3 nitrogen and oxygen atoms in total. The highest BCUT2D eigenvalue weighted by Crippen LogP contribution is 2.33. The molecule has 20 heavy (non-hydrogen) atoms. The summed E-state index contributed by atoms with van der Waals surface area (Å²) < 4.78 is 0.353. The second-order valence-electron chi connectivity index (χ2n) is 5.77. The number of hydrogen-bond acceptors (Lipinski definition) is 4. The van der Waals surface area contributed by atoms with Crippen LogP contribution in [0.4, 0.5) is 5.82 Å². The van der Waals surface area contributed by atoms with Crippen LogP contribution >= 0.6 is 23.4 Å². The van der Waals surface area contributed by atoms with E-state index in [1.807, 2.05) is 24.0 Å². The molecule has 0 spiro atoms. The van der Waals surface area contributed by atoms with Crippen molar-refractivity contribution in [2.75, 3.05) is 30.3 Å². The van der Waals surface area contributed by atoms with Crippen LogP contribution in [0.3, 0.4) is 0 Å². The van der Waals surface area contributed by atoms with Crippen molar-refractivity contribution in [2.24, 2.45) is 0 Å². The Kier molecular flexibility index (Phi) is 5.58. The van der Waals surface area contributed by atoms with Gasteiger partial charge >= 0.3 is 0 Å². The summed E-state index contributed by atoms with van der Waals surface area (Å²) in [7, 11) is 0. The zero-order valence-corrected chi connectivity index (χ0v) is 14.2. The molecule has 1 aliphatic heterocycles. The fourth-order valence-corrected chi connectivity index (χ4v) is 3.71. The van der Waals surface area contributed by atoms with Crippen LogP contribution in [0.5, 0.6) is 0 Å². The van der Waals surface area contributed by atoms with E-state index in [2.05, 4.69) is 36.0 Å². The van der Waals surface area contributed by atoms with E-state index in [0.29, 0.717) is 4.75 Å². The van der Waals surface area contributed by atoms with Crippen LogP contribution in [0.2, 0.25) is 5.02 Å². The van der Waals surface area contributed by atoms with Crippen LogP contribution in [-0.4, -0.2) is 35.1 Å². The molecule has 2 rings (SSSR count).